The van der Waals surface area contributed by atoms with Crippen LogP contribution in [0.5, 0.6) is 0 Å². The van der Waals surface area contributed by atoms with Crippen LogP contribution in [0.4, 0.5) is 0 Å². The molecule has 14 heavy (non-hydrogen) atoms. The highest BCUT2D eigenvalue weighted by Crippen LogP contribution is 2.30. The van der Waals surface area contributed by atoms with E-state index in [2.05, 4.69) is 31.4 Å². The highest BCUT2D eigenvalue weighted by Gasteiger charge is 2.08. The average molecular weight is 225 g/mol. The summed E-state index contributed by atoms with van der Waals surface area (Å²) in [5, 5.41) is 3.56. The first-order chi connectivity index (χ1) is 6.77. The predicted octanol–water partition coefficient (Wildman–Crippen LogP) is 4.51. The van der Waals surface area contributed by atoms with Crippen molar-refractivity contribution >= 4 is 33.0 Å². The fourth-order valence-electron chi connectivity index (χ4n) is 1.94. The number of fused-ring (bicyclic) bond motifs is 1. The molecule has 2 heteroatoms. The van der Waals surface area contributed by atoms with Gasteiger partial charge in [-0.25, -0.2) is 0 Å². The van der Waals surface area contributed by atoms with Gasteiger partial charge in [0, 0.05) is 10.6 Å². The molecule has 0 amide bonds. The molecule has 0 spiro atoms. The Labute approximate surface area is 93.5 Å². The van der Waals surface area contributed by atoms with Crippen LogP contribution < -0.4 is 0 Å². The Morgan fingerprint density at radius 2 is 2.21 bits per heavy atom. The summed E-state index contributed by atoms with van der Waals surface area (Å²) in [6.45, 7) is 4.38. The Bertz CT molecular complexity index is 457. The van der Waals surface area contributed by atoms with Gasteiger partial charge >= 0.3 is 0 Å². The minimum Gasteiger partial charge on any atom is -0.144 e. The van der Waals surface area contributed by atoms with Gasteiger partial charge in [0.1, 0.15) is 0 Å². The molecular formula is C12H13ClS. The van der Waals surface area contributed by atoms with Crippen molar-refractivity contribution in [1.29, 1.82) is 0 Å². The molecule has 0 aliphatic carbocycles. The van der Waals surface area contributed by atoms with Gasteiger partial charge in [0.15, 0.2) is 0 Å². The van der Waals surface area contributed by atoms with Crippen LogP contribution in [0.15, 0.2) is 17.5 Å². The first kappa shape index (κ1) is 10.0. The average Bonchev–Trinajstić information content (AvgIpc) is 2.64. The van der Waals surface area contributed by atoms with Crippen LogP contribution in [-0.2, 0) is 12.3 Å². The second-order valence-corrected chi connectivity index (χ2v) is 4.67. The molecular weight excluding hydrogens is 212 g/mol. The van der Waals surface area contributed by atoms with Crippen molar-refractivity contribution in [1.82, 2.24) is 0 Å². The van der Waals surface area contributed by atoms with E-state index in [1.807, 2.05) is 0 Å². The van der Waals surface area contributed by atoms with E-state index in [-0.39, 0.29) is 0 Å². The van der Waals surface area contributed by atoms with E-state index in [9.17, 15) is 0 Å². The molecule has 0 aliphatic rings. The van der Waals surface area contributed by atoms with Crippen molar-refractivity contribution in [3.8, 4) is 0 Å². The van der Waals surface area contributed by atoms with Crippen LogP contribution in [0, 0.1) is 6.92 Å². The van der Waals surface area contributed by atoms with Crippen molar-refractivity contribution < 1.29 is 0 Å². The first-order valence-electron chi connectivity index (χ1n) is 4.82. The van der Waals surface area contributed by atoms with Crippen LogP contribution >= 0.6 is 22.9 Å². The third-order valence-electron chi connectivity index (χ3n) is 2.76. The summed E-state index contributed by atoms with van der Waals surface area (Å²) in [6.07, 6.45) is 1.09. The quantitative estimate of drug-likeness (QED) is 0.659. The molecule has 1 heterocycles. The van der Waals surface area contributed by atoms with Crippen molar-refractivity contribution in [2.45, 2.75) is 26.1 Å². The summed E-state index contributed by atoms with van der Waals surface area (Å²) in [4.78, 5) is 0. The van der Waals surface area contributed by atoms with E-state index >= 15 is 0 Å². The van der Waals surface area contributed by atoms with Crippen molar-refractivity contribution in [3.63, 3.8) is 0 Å². The van der Waals surface area contributed by atoms with E-state index in [1.165, 1.54) is 26.8 Å². The van der Waals surface area contributed by atoms with Crippen LogP contribution in [0.25, 0.3) is 10.1 Å². The van der Waals surface area contributed by atoms with Gasteiger partial charge in [0.25, 0.3) is 0 Å². The molecule has 1 aromatic carbocycles. The SMILES string of the molecule is CCc1c(C)c(CCl)cc2sccc12. The monoisotopic (exact) mass is 224 g/mol. The van der Waals surface area contributed by atoms with Gasteiger partial charge in [-0.05, 0) is 52.9 Å². The normalized spacial score (nSPS) is 11.1. The lowest BCUT2D eigenvalue weighted by Crippen LogP contribution is -1.92. The van der Waals surface area contributed by atoms with Crippen molar-refractivity contribution in [3.05, 3.63) is 34.2 Å². The van der Waals surface area contributed by atoms with Crippen LogP contribution in [0.2, 0.25) is 0 Å². The molecule has 1 aromatic heterocycles. The summed E-state index contributed by atoms with van der Waals surface area (Å²) in [7, 11) is 0. The topological polar surface area (TPSA) is 0 Å². The molecule has 0 atom stereocenters. The Kier molecular flexibility index (Phi) is 2.80. The van der Waals surface area contributed by atoms with Crippen LogP contribution in [-0.4, -0.2) is 0 Å². The standard InChI is InChI=1S/C12H13ClS/c1-3-10-8(2)9(7-13)6-12-11(10)4-5-14-12/h4-6H,3,7H2,1-2H3. The molecule has 0 N–H and O–H groups in total. The summed E-state index contributed by atoms with van der Waals surface area (Å²) < 4.78 is 1.36. The smallest absolute Gasteiger partial charge is 0.0477 e. The number of benzene rings is 1. The highest BCUT2D eigenvalue weighted by atomic mass is 35.5. The number of thiophene rings is 1. The Hall–Kier alpha value is -0.530. The first-order valence-corrected chi connectivity index (χ1v) is 6.23. The van der Waals surface area contributed by atoms with E-state index in [4.69, 9.17) is 11.6 Å². The number of alkyl halides is 1. The van der Waals surface area contributed by atoms with Gasteiger partial charge in [-0.2, -0.15) is 0 Å². The number of aryl methyl sites for hydroxylation is 1. The molecule has 0 unspecified atom stereocenters. The Balaban J connectivity index is 2.80. The number of halogens is 1. The maximum absolute atomic E-state index is 5.93. The van der Waals surface area contributed by atoms with Crippen molar-refractivity contribution in [2.75, 3.05) is 0 Å². The van der Waals surface area contributed by atoms with E-state index in [0.29, 0.717) is 5.88 Å². The summed E-state index contributed by atoms with van der Waals surface area (Å²) in [5.74, 6) is 0.618. The molecule has 0 saturated carbocycles. The summed E-state index contributed by atoms with van der Waals surface area (Å²) in [5.41, 5.74) is 4.10. The maximum atomic E-state index is 5.93. The predicted molar refractivity (Wildman–Crippen MR) is 65.5 cm³/mol. The molecule has 0 aliphatic heterocycles. The molecule has 0 nitrogen and oxygen atoms in total. The second-order valence-electron chi connectivity index (χ2n) is 3.46. The largest absolute Gasteiger partial charge is 0.144 e. The minimum atomic E-state index is 0.618. The van der Waals surface area contributed by atoms with Gasteiger partial charge in [-0.15, -0.1) is 22.9 Å². The highest BCUT2D eigenvalue weighted by molar-refractivity contribution is 7.17. The van der Waals surface area contributed by atoms with E-state index in [1.54, 1.807) is 11.3 Å². The zero-order chi connectivity index (χ0) is 10.1. The van der Waals surface area contributed by atoms with Crippen molar-refractivity contribution in [2.24, 2.45) is 0 Å². The zero-order valence-electron chi connectivity index (χ0n) is 8.43. The fourth-order valence-corrected chi connectivity index (χ4v) is 3.10. The zero-order valence-corrected chi connectivity index (χ0v) is 10.0. The number of rotatable bonds is 2. The lowest BCUT2D eigenvalue weighted by molar-refractivity contribution is 1.11. The minimum absolute atomic E-state index is 0.618. The van der Waals surface area contributed by atoms with Crippen LogP contribution in [0.3, 0.4) is 0 Å². The summed E-state index contributed by atoms with van der Waals surface area (Å²) in [6, 6.07) is 4.44. The maximum Gasteiger partial charge on any atom is 0.0477 e. The Morgan fingerprint density at radius 1 is 1.43 bits per heavy atom. The van der Waals surface area contributed by atoms with Gasteiger partial charge in [-0.3, -0.25) is 0 Å². The van der Waals surface area contributed by atoms with E-state index in [0.717, 1.165) is 6.42 Å². The molecule has 0 bridgehead atoms. The third kappa shape index (κ3) is 1.45. The molecule has 0 fully saturated rings. The van der Waals surface area contributed by atoms with Gasteiger partial charge in [0.2, 0.25) is 0 Å². The second kappa shape index (κ2) is 3.92. The van der Waals surface area contributed by atoms with Gasteiger partial charge < -0.3 is 0 Å². The molecule has 2 aromatic rings. The molecule has 0 saturated heterocycles. The van der Waals surface area contributed by atoms with Gasteiger partial charge in [-0.1, -0.05) is 6.92 Å². The molecule has 2 rings (SSSR count). The van der Waals surface area contributed by atoms with E-state index < -0.39 is 0 Å². The molecule has 0 radical (unpaired) electrons. The van der Waals surface area contributed by atoms with Gasteiger partial charge in [0.05, 0.1) is 0 Å². The lowest BCUT2D eigenvalue weighted by Gasteiger charge is -2.09. The number of hydrogen-bond donors (Lipinski definition) is 0. The Morgan fingerprint density at radius 3 is 2.86 bits per heavy atom. The van der Waals surface area contributed by atoms with Crippen LogP contribution in [0.1, 0.15) is 23.6 Å². The lowest BCUT2D eigenvalue weighted by atomic mass is 9.98. The fraction of sp³-hybridized carbons (Fsp3) is 0.333. The third-order valence-corrected chi connectivity index (χ3v) is 3.91. The molecule has 74 valence electrons. The summed E-state index contributed by atoms with van der Waals surface area (Å²) >= 11 is 7.73. The number of hydrogen-bond acceptors (Lipinski definition) is 1.